The Kier molecular flexibility index (Phi) is 2.82. The number of carbonyl (C=O) groups is 1. The van der Waals surface area contributed by atoms with E-state index in [1.54, 1.807) is 17.9 Å². The van der Waals surface area contributed by atoms with Crippen molar-refractivity contribution in [2.75, 3.05) is 0 Å². The van der Waals surface area contributed by atoms with Crippen molar-refractivity contribution in [3.63, 3.8) is 0 Å². The SMILES string of the molecule is Cn1nc(-c2cc[nH]c2)c(Br)c1CC(=O)O. The van der Waals surface area contributed by atoms with Crippen molar-refractivity contribution in [3.8, 4) is 11.3 Å². The quantitative estimate of drug-likeness (QED) is 0.902. The number of hydrogen-bond acceptors (Lipinski definition) is 2. The predicted molar refractivity (Wildman–Crippen MR) is 62.0 cm³/mol. The third-order valence-electron chi connectivity index (χ3n) is 2.29. The topological polar surface area (TPSA) is 70.9 Å². The van der Waals surface area contributed by atoms with Gasteiger partial charge in [-0.1, -0.05) is 0 Å². The second-order valence-corrected chi connectivity index (χ2v) is 4.20. The van der Waals surface area contributed by atoms with Crippen molar-refractivity contribution in [3.05, 3.63) is 28.6 Å². The zero-order valence-electron chi connectivity index (χ0n) is 8.57. The van der Waals surface area contributed by atoms with Crippen LogP contribution in [0.5, 0.6) is 0 Å². The van der Waals surface area contributed by atoms with Gasteiger partial charge in [0, 0.05) is 25.0 Å². The Morgan fingerprint density at radius 3 is 3.00 bits per heavy atom. The number of nitrogens with zero attached hydrogens (tertiary/aromatic N) is 2. The molecule has 0 spiro atoms. The minimum Gasteiger partial charge on any atom is -0.481 e. The third kappa shape index (κ3) is 1.88. The van der Waals surface area contributed by atoms with Crippen molar-refractivity contribution in [1.82, 2.24) is 14.8 Å². The fourth-order valence-corrected chi connectivity index (χ4v) is 2.23. The molecule has 0 aliphatic carbocycles. The summed E-state index contributed by atoms with van der Waals surface area (Å²) in [5, 5.41) is 13.1. The average molecular weight is 284 g/mol. The zero-order chi connectivity index (χ0) is 11.7. The largest absolute Gasteiger partial charge is 0.481 e. The Balaban J connectivity index is 2.46. The number of nitrogens with one attached hydrogen (secondary N) is 1. The molecule has 0 saturated heterocycles. The highest BCUT2D eigenvalue weighted by molar-refractivity contribution is 9.10. The van der Waals surface area contributed by atoms with Gasteiger partial charge in [0.15, 0.2) is 0 Å². The summed E-state index contributed by atoms with van der Waals surface area (Å²) in [4.78, 5) is 13.6. The highest BCUT2D eigenvalue weighted by Gasteiger charge is 2.17. The van der Waals surface area contributed by atoms with Gasteiger partial charge in [0.1, 0.15) is 5.69 Å². The lowest BCUT2D eigenvalue weighted by Crippen LogP contribution is -2.06. The lowest BCUT2D eigenvalue weighted by Gasteiger charge is -1.97. The van der Waals surface area contributed by atoms with Crippen LogP contribution >= 0.6 is 15.9 Å². The first-order chi connectivity index (χ1) is 7.59. The van der Waals surface area contributed by atoms with Crippen LogP contribution in [-0.4, -0.2) is 25.8 Å². The summed E-state index contributed by atoms with van der Waals surface area (Å²) in [7, 11) is 1.74. The number of halogens is 1. The number of H-pyrrole nitrogens is 1. The summed E-state index contributed by atoms with van der Waals surface area (Å²) in [5.74, 6) is -0.871. The summed E-state index contributed by atoms with van der Waals surface area (Å²) >= 11 is 3.39. The highest BCUT2D eigenvalue weighted by atomic mass is 79.9. The highest BCUT2D eigenvalue weighted by Crippen LogP contribution is 2.30. The van der Waals surface area contributed by atoms with Gasteiger partial charge in [0.05, 0.1) is 16.6 Å². The molecular formula is C10H10BrN3O2. The molecular weight excluding hydrogens is 274 g/mol. The van der Waals surface area contributed by atoms with Crippen LogP contribution in [0.25, 0.3) is 11.3 Å². The molecule has 84 valence electrons. The van der Waals surface area contributed by atoms with Crippen LogP contribution in [0.2, 0.25) is 0 Å². The number of aromatic amines is 1. The Hall–Kier alpha value is -1.56. The Bertz CT molecular complexity index is 516. The molecule has 5 nitrogen and oxygen atoms in total. The lowest BCUT2D eigenvalue weighted by atomic mass is 10.2. The minimum absolute atomic E-state index is 0.0471. The molecule has 0 fully saturated rings. The summed E-state index contributed by atoms with van der Waals surface area (Å²) in [6.07, 6.45) is 3.57. The van der Waals surface area contributed by atoms with Gasteiger partial charge in [0.25, 0.3) is 0 Å². The van der Waals surface area contributed by atoms with E-state index in [2.05, 4.69) is 26.0 Å². The van der Waals surface area contributed by atoms with Gasteiger partial charge < -0.3 is 10.1 Å². The van der Waals surface area contributed by atoms with Gasteiger partial charge in [-0.15, -0.1) is 0 Å². The van der Waals surface area contributed by atoms with Crippen molar-refractivity contribution >= 4 is 21.9 Å². The van der Waals surface area contributed by atoms with Gasteiger partial charge in [-0.2, -0.15) is 5.10 Å². The average Bonchev–Trinajstić information content (AvgIpc) is 2.80. The number of carboxylic acid groups (broad SMARTS) is 1. The van der Waals surface area contributed by atoms with Crippen molar-refractivity contribution in [2.24, 2.45) is 7.05 Å². The van der Waals surface area contributed by atoms with Gasteiger partial charge in [-0.05, 0) is 22.0 Å². The molecule has 6 heteroatoms. The van der Waals surface area contributed by atoms with E-state index < -0.39 is 5.97 Å². The second-order valence-electron chi connectivity index (χ2n) is 3.40. The van der Waals surface area contributed by atoms with Crippen LogP contribution in [0.15, 0.2) is 22.9 Å². The molecule has 2 aromatic rings. The molecule has 2 heterocycles. The summed E-state index contributed by atoms with van der Waals surface area (Å²) < 4.78 is 2.32. The standard InChI is InChI=1S/C10H10BrN3O2/c1-14-7(4-8(15)16)9(11)10(13-14)6-2-3-12-5-6/h2-3,5,12H,4H2,1H3,(H,15,16). The predicted octanol–water partition coefficient (Wildman–Crippen LogP) is 1.80. The van der Waals surface area contributed by atoms with Crippen LogP contribution in [-0.2, 0) is 18.3 Å². The minimum atomic E-state index is -0.871. The summed E-state index contributed by atoms with van der Waals surface area (Å²) in [6, 6.07) is 1.89. The van der Waals surface area contributed by atoms with E-state index in [4.69, 9.17) is 5.11 Å². The number of carboxylic acids is 1. The van der Waals surface area contributed by atoms with E-state index in [0.717, 1.165) is 15.7 Å². The van der Waals surface area contributed by atoms with E-state index in [1.807, 2.05) is 12.3 Å². The van der Waals surface area contributed by atoms with Crippen LogP contribution in [0.4, 0.5) is 0 Å². The fourth-order valence-electron chi connectivity index (χ4n) is 1.52. The zero-order valence-corrected chi connectivity index (χ0v) is 10.2. The number of aliphatic carboxylic acids is 1. The molecule has 2 rings (SSSR count). The van der Waals surface area contributed by atoms with E-state index in [0.29, 0.717) is 5.69 Å². The van der Waals surface area contributed by atoms with Gasteiger partial charge in [-0.3, -0.25) is 9.48 Å². The maximum atomic E-state index is 10.7. The van der Waals surface area contributed by atoms with Crippen LogP contribution < -0.4 is 0 Å². The molecule has 0 radical (unpaired) electrons. The van der Waals surface area contributed by atoms with Gasteiger partial charge in [0.2, 0.25) is 0 Å². The second kappa shape index (κ2) is 4.13. The first kappa shape index (κ1) is 10.9. The first-order valence-corrected chi connectivity index (χ1v) is 5.45. The summed E-state index contributed by atoms with van der Waals surface area (Å²) in [6.45, 7) is 0. The van der Waals surface area contributed by atoms with Crippen molar-refractivity contribution < 1.29 is 9.90 Å². The maximum absolute atomic E-state index is 10.7. The molecule has 2 N–H and O–H groups in total. The maximum Gasteiger partial charge on any atom is 0.309 e. The molecule has 0 aliphatic rings. The van der Waals surface area contributed by atoms with E-state index in [9.17, 15) is 4.79 Å². The number of aromatic nitrogens is 3. The van der Waals surface area contributed by atoms with Crippen molar-refractivity contribution in [1.29, 1.82) is 0 Å². The van der Waals surface area contributed by atoms with Crippen LogP contribution in [0.3, 0.4) is 0 Å². The molecule has 0 bridgehead atoms. The van der Waals surface area contributed by atoms with E-state index >= 15 is 0 Å². The van der Waals surface area contributed by atoms with Gasteiger partial charge in [-0.25, -0.2) is 0 Å². The van der Waals surface area contributed by atoms with Crippen LogP contribution in [0.1, 0.15) is 5.69 Å². The molecule has 0 saturated carbocycles. The Morgan fingerprint density at radius 1 is 1.69 bits per heavy atom. The Morgan fingerprint density at radius 2 is 2.44 bits per heavy atom. The first-order valence-electron chi connectivity index (χ1n) is 4.66. The summed E-state index contributed by atoms with van der Waals surface area (Å²) in [5.41, 5.74) is 2.34. The molecule has 2 aromatic heterocycles. The van der Waals surface area contributed by atoms with E-state index in [1.165, 1.54) is 0 Å². The molecule has 0 amide bonds. The number of aryl methyl sites for hydroxylation is 1. The smallest absolute Gasteiger partial charge is 0.309 e. The lowest BCUT2D eigenvalue weighted by molar-refractivity contribution is -0.136. The third-order valence-corrected chi connectivity index (χ3v) is 3.13. The van der Waals surface area contributed by atoms with Gasteiger partial charge >= 0.3 is 5.97 Å². The Labute approximate surface area is 100 Å². The molecule has 0 aromatic carbocycles. The van der Waals surface area contributed by atoms with Crippen molar-refractivity contribution in [2.45, 2.75) is 6.42 Å². The molecule has 16 heavy (non-hydrogen) atoms. The fraction of sp³-hybridized carbons (Fsp3) is 0.200. The monoisotopic (exact) mass is 283 g/mol. The number of rotatable bonds is 3. The van der Waals surface area contributed by atoms with E-state index in [-0.39, 0.29) is 6.42 Å². The molecule has 0 aliphatic heterocycles. The van der Waals surface area contributed by atoms with Crippen LogP contribution in [0, 0.1) is 0 Å². The molecule has 0 unspecified atom stereocenters. The normalized spacial score (nSPS) is 10.6. The molecule has 0 atom stereocenters. The number of hydrogen-bond donors (Lipinski definition) is 2.